The standard InChI is InChI=1S/C12H17NO3/c1-8-5-9(6-8)13-7-10-3-4-11(16-10)12(14)15-2/h3-4,8-9,13H,5-7H2,1-2H3. The second-order valence-electron chi connectivity index (χ2n) is 4.41. The summed E-state index contributed by atoms with van der Waals surface area (Å²) in [5.41, 5.74) is 0. The van der Waals surface area contributed by atoms with Crippen LogP contribution in [0.5, 0.6) is 0 Å². The van der Waals surface area contributed by atoms with Crippen molar-refractivity contribution in [2.75, 3.05) is 7.11 Å². The van der Waals surface area contributed by atoms with Crippen LogP contribution in [0.25, 0.3) is 0 Å². The molecule has 1 aliphatic carbocycles. The van der Waals surface area contributed by atoms with Gasteiger partial charge >= 0.3 is 5.97 Å². The number of methoxy groups -OCH3 is 1. The number of nitrogens with one attached hydrogen (secondary N) is 1. The Hall–Kier alpha value is -1.29. The lowest BCUT2D eigenvalue weighted by atomic mass is 9.82. The fourth-order valence-electron chi connectivity index (χ4n) is 2.00. The van der Waals surface area contributed by atoms with Gasteiger partial charge in [-0.15, -0.1) is 0 Å². The zero-order valence-corrected chi connectivity index (χ0v) is 9.66. The molecule has 1 heterocycles. The molecule has 1 aromatic heterocycles. The molecule has 0 radical (unpaired) electrons. The molecule has 0 amide bonds. The summed E-state index contributed by atoms with van der Waals surface area (Å²) in [4.78, 5) is 11.1. The predicted molar refractivity (Wildman–Crippen MR) is 59.1 cm³/mol. The monoisotopic (exact) mass is 223 g/mol. The SMILES string of the molecule is COC(=O)c1ccc(CNC2CC(C)C2)o1. The van der Waals surface area contributed by atoms with E-state index in [4.69, 9.17) is 4.42 Å². The average molecular weight is 223 g/mol. The van der Waals surface area contributed by atoms with Gasteiger partial charge in [-0.2, -0.15) is 0 Å². The van der Waals surface area contributed by atoms with Crippen molar-refractivity contribution < 1.29 is 13.9 Å². The summed E-state index contributed by atoms with van der Waals surface area (Å²) in [7, 11) is 1.35. The van der Waals surface area contributed by atoms with Crippen LogP contribution in [0.15, 0.2) is 16.5 Å². The van der Waals surface area contributed by atoms with Gasteiger partial charge in [0.15, 0.2) is 0 Å². The van der Waals surface area contributed by atoms with E-state index in [9.17, 15) is 4.79 Å². The molecule has 0 saturated heterocycles. The molecule has 1 aromatic rings. The molecule has 0 aliphatic heterocycles. The summed E-state index contributed by atoms with van der Waals surface area (Å²) >= 11 is 0. The van der Waals surface area contributed by atoms with E-state index in [1.54, 1.807) is 12.1 Å². The molecule has 4 nitrogen and oxygen atoms in total. The van der Waals surface area contributed by atoms with E-state index in [0.717, 1.165) is 11.7 Å². The van der Waals surface area contributed by atoms with Crippen LogP contribution in [-0.4, -0.2) is 19.1 Å². The van der Waals surface area contributed by atoms with Crippen molar-refractivity contribution >= 4 is 5.97 Å². The number of ether oxygens (including phenoxy) is 1. The number of esters is 1. The van der Waals surface area contributed by atoms with Crippen molar-refractivity contribution in [2.24, 2.45) is 5.92 Å². The Bertz CT molecular complexity index is 366. The van der Waals surface area contributed by atoms with Gasteiger partial charge in [0.2, 0.25) is 5.76 Å². The highest BCUT2D eigenvalue weighted by molar-refractivity contribution is 5.86. The van der Waals surface area contributed by atoms with Crippen LogP contribution in [0.1, 0.15) is 36.1 Å². The van der Waals surface area contributed by atoms with Crippen LogP contribution < -0.4 is 5.32 Å². The maximum Gasteiger partial charge on any atom is 0.373 e. The van der Waals surface area contributed by atoms with Gasteiger partial charge < -0.3 is 14.5 Å². The van der Waals surface area contributed by atoms with Crippen molar-refractivity contribution in [3.8, 4) is 0 Å². The third-order valence-electron chi connectivity index (χ3n) is 2.99. The van der Waals surface area contributed by atoms with Gasteiger partial charge in [0.05, 0.1) is 13.7 Å². The summed E-state index contributed by atoms with van der Waals surface area (Å²) in [6.45, 7) is 2.93. The second kappa shape index (κ2) is 4.70. The highest BCUT2D eigenvalue weighted by Crippen LogP contribution is 2.26. The third kappa shape index (κ3) is 2.44. The minimum absolute atomic E-state index is 0.265. The molecule has 4 heteroatoms. The van der Waals surface area contributed by atoms with Gasteiger partial charge in [0.1, 0.15) is 5.76 Å². The summed E-state index contributed by atoms with van der Waals surface area (Å²) in [6, 6.07) is 4.05. The fourth-order valence-corrected chi connectivity index (χ4v) is 2.00. The predicted octanol–water partition coefficient (Wildman–Crippen LogP) is 1.95. The van der Waals surface area contributed by atoms with Crippen molar-refractivity contribution in [1.29, 1.82) is 0 Å². The Morgan fingerprint density at radius 2 is 2.31 bits per heavy atom. The average Bonchev–Trinajstić information content (AvgIpc) is 2.70. The topological polar surface area (TPSA) is 51.5 Å². The molecule has 1 N–H and O–H groups in total. The first-order valence-electron chi connectivity index (χ1n) is 5.59. The largest absolute Gasteiger partial charge is 0.463 e. The summed E-state index contributed by atoms with van der Waals surface area (Å²) in [5.74, 6) is 1.45. The maximum absolute atomic E-state index is 11.1. The van der Waals surface area contributed by atoms with Gasteiger partial charge in [-0.25, -0.2) is 4.79 Å². The minimum Gasteiger partial charge on any atom is -0.463 e. The maximum atomic E-state index is 11.1. The minimum atomic E-state index is -0.427. The third-order valence-corrected chi connectivity index (χ3v) is 2.99. The van der Waals surface area contributed by atoms with Crippen molar-refractivity contribution in [1.82, 2.24) is 5.32 Å². The van der Waals surface area contributed by atoms with Crippen LogP contribution in [0.2, 0.25) is 0 Å². The quantitative estimate of drug-likeness (QED) is 0.793. The Kier molecular flexibility index (Phi) is 3.29. The summed E-state index contributed by atoms with van der Waals surface area (Å²) < 4.78 is 9.91. The fraction of sp³-hybridized carbons (Fsp3) is 0.583. The van der Waals surface area contributed by atoms with Crippen LogP contribution in [0, 0.1) is 5.92 Å². The molecule has 1 fully saturated rings. The van der Waals surface area contributed by atoms with E-state index in [1.807, 2.05) is 0 Å². The van der Waals surface area contributed by atoms with E-state index in [-0.39, 0.29) is 5.76 Å². The second-order valence-corrected chi connectivity index (χ2v) is 4.41. The number of hydrogen-bond acceptors (Lipinski definition) is 4. The Morgan fingerprint density at radius 3 is 2.94 bits per heavy atom. The number of rotatable bonds is 4. The van der Waals surface area contributed by atoms with Crippen molar-refractivity contribution in [3.63, 3.8) is 0 Å². The molecule has 0 atom stereocenters. The lowest BCUT2D eigenvalue weighted by Crippen LogP contribution is -2.39. The molecular formula is C12H17NO3. The van der Waals surface area contributed by atoms with Gasteiger partial charge in [0, 0.05) is 6.04 Å². The first-order chi connectivity index (χ1) is 7.69. The van der Waals surface area contributed by atoms with Gasteiger partial charge in [-0.05, 0) is 30.9 Å². The zero-order chi connectivity index (χ0) is 11.5. The molecule has 1 saturated carbocycles. The first kappa shape index (κ1) is 11.2. The number of furan rings is 1. The van der Waals surface area contributed by atoms with E-state index in [2.05, 4.69) is 17.0 Å². The molecule has 1 aliphatic rings. The molecule has 0 unspecified atom stereocenters. The summed E-state index contributed by atoms with van der Waals surface area (Å²) in [5, 5.41) is 3.39. The van der Waals surface area contributed by atoms with Crippen molar-refractivity contribution in [3.05, 3.63) is 23.7 Å². The van der Waals surface area contributed by atoms with E-state index in [1.165, 1.54) is 20.0 Å². The van der Waals surface area contributed by atoms with E-state index < -0.39 is 5.97 Å². The Morgan fingerprint density at radius 1 is 1.56 bits per heavy atom. The van der Waals surface area contributed by atoms with Gasteiger partial charge in [-0.3, -0.25) is 0 Å². The Balaban J connectivity index is 1.81. The highest BCUT2D eigenvalue weighted by Gasteiger charge is 2.24. The smallest absolute Gasteiger partial charge is 0.373 e. The van der Waals surface area contributed by atoms with Gasteiger partial charge in [-0.1, -0.05) is 6.92 Å². The van der Waals surface area contributed by atoms with Crippen LogP contribution >= 0.6 is 0 Å². The number of hydrogen-bond donors (Lipinski definition) is 1. The summed E-state index contributed by atoms with van der Waals surface area (Å²) in [6.07, 6.45) is 2.45. The molecule has 0 spiro atoms. The van der Waals surface area contributed by atoms with Crippen molar-refractivity contribution in [2.45, 2.75) is 32.4 Å². The van der Waals surface area contributed by atoms with Crippen LogP contribution in [0.3, 0.4) is 0 Å². The molecule has 0 aromatic carbocycles. The number of carbonyl (C=O) groups is 1. The lowest BCUT2D eigenvalue weighted by molar-refractivity contribution is 0.0562. The van der Waals surface area contributed by atoms with Crippen LogP contribution in [-0.2, 0) is 11.3 Å². The molecular weight excluding hydrogens is 206 g/mol. The lowest BCUT2D eigenvalue weighted by Gasteiger charge is -2.33. The van der Waals surface area contributed by atoms with Crippen LogP contribution in [0.4, 0.5) is 0 Å². The number of carbonyl (C=O) groups excluding carboxylic acids is 1. The van der Waals surface area contributed by atoms with E-state index in [0.29, 0.717) is 12.6 Å². The highest BCUT2D eigenvalue weighted by atomic mass is 16.5. The van der Waals surface area contributed by atoms with Gasteiger partial charge in [0.25, 0.3) is 0 Å². The molecule has 88 valence electrons. The normalized spacial score (nSPS) is 23.9. The first-order valence-corrected chi connectivity index (χ1v) is 5.59. The molecule has 16 heavy (non-hydrogen) atoms. The molecule has 0 bridgehead atoms. The zero-order valence-electron chi connectivity index (χ0n) is 9.66. The van der Waals surface area contributed by atoms with E-state index >= 15 is 0 Å². The Labute approximate surface area is 95.0 Å². The molecule has 2 rings (SSSR count).